The van der Waals surface area contributed by atoms with Crippen LogP contribution in [0.3, 0.4) is 0 Å². The molecule has 4 rings (SSSR count). The van der Waals surface area contributed by atoms with Gasteiger partial charge in [0.2, 0.25) is 0 Å². The third-order valence-electron chi connectivity index (χ3n) is 7.06. The minimum atomic E-state index is -0.787. The van der Waals surface area contributed by atoms with Crippen molar-refractivity contribution in [2.75, 3.05) is 7.11 Å². The number of carboxylic acids is 1. The van der Waals surface area contributed by atoms with Crippen molar-refractivity contribution in [3.63, 3.8) is 0 Å². The summed E-state index contributed by atoms with van der Waals surface area (Å²) in [5.74, 6) is 1.34. The monoisotopic (exact) mass is 458 g/mol. The van der Waals surface area contributed by atoms with Gasteiger partial charge in [-0.3, -0.25) is 4.79 Å². The zero-order valence-corrected chi connectivity index (χ0v) is 20.3. The summed E-state index contributed by atoms with van der Waals surface area (Å²) < 4.78 is 11.6. The second-order valence-corrected chi connectivity index (χ2v) is 9.92. The molecule has 3 aromatic rings. The van der Waals surface area contributed by atoms with E-state index in [4.69, 9.17) is 14.6 Å². The lowest BCUT2D eigenvalue weighted by Gasteiger charge is -2.30. The van der Waals surface area contributed by atoms with Crippen LogP contribution in [0.1, 0.15) is 62.1 Å². The Hall–Kier alpha value is -3.27. The van der Waals surface area contributed by atoms with Crippen LogP contribution in [-0.4, -0.2) is 18.2 Å². The Morgan fingerprint density at radius 2 is 1.79 bits per heavy atom. The van der Waals surface area contributed by atoms with Gasteiger partial charge in [-0.05, 0) is 82.7 Å². The van der Waals surface area contributed by atoms with E-state index >= 15 is 0 Å². The molecule has 1 atom stereocenters. The molecule has 1 aliphatic rings. The van der Waals surface area contributed by atoms with E-state index in [1.807, 2.05) is 36.4 Å². The maximum Gasteiger partial charge on any atom is 0.303 e. The first kappa shape index (κ1) is 23.9. The van der Waals surface area contributed by atoms with E-state index in [0.29, 0.717) is 18.9 Å². The van der Waals surface area contributed by atoms with Crippen molar-refractivity contribution in [2.24, 2.45) is 5.41 Å². The maximum atomic E-state index is 10.9. The first-order valence-corrected chi connectivity index (χ1v) is 12.1. The van der Waals surface area contributed by atoms with Crippen LogP contribution >= 0.6 is 0 Å². The standard InChI is InChI=1S/C30H34O4/c1-30(2)16-6-11-28(30)27-18-22(12-14-26(27)23-8-5-9-24(19-23)33-3)20-34-25-10-4-7-21(17-25)13-15-29(31)32/h4-5,7-10,12,14,17-19,28H,6,11,13,15-16,20H2,1-3H3,(H,31,32). The molecule has 1 N–H and O–H groups in total. The molecule has 1 unspecified atom stereocenters. The van der Waals surface area contributed by atoms with Gasteiger partial charge < -0.3 is 14.6 Å². The quantitative estimate of drug-likeness (QED) is 0.367. The van der Waals surface area contributed by atoms with Crippen molar-refractivity contribution in [3.05, 3.63) is 83.4 Å². The molecular formula is C30H34O4. The minimum absolute atomic E-state index is 0.121. The summed E-state index contributed by atoms with van der Waals surface area (Å²) in [6.45, 7) is 5.23. The summed E-state index contributed by atoms with van der Waals surface area (Å²) in [5.41, 5.74) is 6.19. The van der Waals surface area contributed by atoms with E-state index in [1.54, 1.807) is 7.11 Å². The van der Waals surface area contributed by atoms with Crippen LogP contribution in [0.25, 0.3) is 11.1 Å². The van der Waals surface area contributed by atoms with Gasteiger partial charge in [0.05, 0.1) is 7.11 Å². The molecule has 178 valence electrons. The number of aliphatic carboxylic acids is 1. The Kier molecular flexibility index (Phi) is 7.26. The first-order chi connectivity index (χ1) is 16.4. The van der Waals surface area contributed by atoms with Crippen LogP contribution in [0, 0.1) is 5.41 Å². The van der Waals surface area contributed by atoms with Crippen molar-refractivity contribution in [1.82, 2.24) is 0 Å². The van der Waals surface area contributed by atoms with Gasteiger partial charge in [0, 0.05) is 6.42 Å². The molecule has 0 saturated heterocycles. The molecule has 0 aromatic heterocycles. The van der Waals surface area contributed by atoms with Gasteiger partial charge >= 0.3 is 5.97 Å². The molecular weight excluding hydrogens is 424 g/mol. The van der Waals surface area contributed by atoms with Crippen LogP contribution in [-0.2, 0) is 17.8 Å². The molecule has 3 aromatic carbocycles. The van der Waals surface area contributed by atoms with Gasteiger partial charge in [-0.25, -0.2) is 0 Å². The average Bonchev–Trinajstić information content (AvgIpc) is 3.20. The molecule has 34 heavy (non-hydrogen) atoms. The van der Waals surface area contributed by atoms with Crippen molar-refractivity contribution in [1.29, 1.82) is 0 Å². The van der Waals surface area contributed by atoms with E-state index in [9.17, 15) is 4.79 Å². The molecule has 0 aliphatic heterocycles. The van der Waals surface area contributed by atoms with Gasteiger partial charge in [-0.15, -0.1) is 0 Å². The van der Waals surface area contributed by atoms with E-state index < -0.39 is 5.97 Å². The molecule has 0 heterocycles. The lowest BCUT2D eigenvalue weighted by Crippen LogP contribution is -2.16. The predicted octanol–water partition coefficient (Wildman–Crippen LogP) is 7.25. The summed E-state index contributed by atoms with van der Waals surface area (Å²) in [7, 11) is 1.71. The molecule has 4 nitrogen and oxygen atoms in total. The van der Waals surface area contributed by atoms with Crippen molar-refractivity contribution < 1.29 is 19.4 Å². The molecule has 0 radical (unpaired) electrons. The zero-order valence-electron chi connectivity index (χ0n) is 20.3. The fourth-order valence-electron chi connectivity index (χ4n) is 5.16. The second kappa shape index (κ2) is 10.3. The molecule has 1 saturated carbocycles. The number of ether oxygens (including phenoxy) is 2. The smallest absolute Gasteiger partial charge is 0.303 e. The Labute approximate surface area is 202 Å². The molecule has 1 aliphatic carbocycles. The fourth-order valence-corrected chi connectivity index (χ4v) is 5.16. The summed E-state index contributed by atoms with van der Waals surface area (Å²) in [6, 6.07) is 22.7. The highest BCUT2D eigenvalue weighted by atomic mass is 16.5. The van der Waals surface area contributed by atoms with Crippen molar-refractivity contribution in [2.45, 2.75) is 58.5 Å². The number of hydrogen-bond acceptors (Lipinski definition) is 3. The summed E-state index contributed by atoms with van der Waals surface area (Å²) in [5, 5.41) is 8.94. The largest absolute Gasteiger partial charge is 0.497 e. The van der Waals surface area contributed by atoms with E-state index in [2.05, 4.69) is 44.2 Å². The van der Waals surface area contributed by atoms with Gasteiger partial charge in [0.25, 0.3) is 0 Å². The Bertz CT molecular complexity index is 1150. The maximum absolute atomic E-state index is 10.9. The third kappa shape index (κ3) is 5.61. The Balaban J connectivity index is 1.60. The molecule has 4 heteroatoms. The van der Waals surface area contributed by atoms with Crippen molar-refractivity contribution in [3.8, 4) is 22.6 Å². The van der Waals surface area contributed by atoms with E-state index in [0.717, 1.165) is 22.6 Å². The number of carboxylic acid groups (broad SMARTS) is 1. The highest BCUT2D eigenvalue weighted by molar-refractivity contribution is 5.70. The van der Waals surface area contributed by atoms with Crippen molar-refractivity contribution >= 4 is 5.97 Å². The summed E-state index contributed by atoms with van der Waals surface area (Å²) in [4.78, 5) is 10.9. The number of hydrogen-bond donors (Lipinski definition) is 1. The topological polar surface area (TPSA) is 55.8 Å². The lowest BCUT2D eigenvalue weighted by atomic mass is 9.75. The predicted molar refractivity (Wildman–Crippen MR) is 136 cm³/mol. The summed E-state index contributed by atoms with van der Waals surface area (Å²) >= 11 is 0. The lowest BCUT2D eigenvalue weighted by molar-refractivity contribution is -0.136. The highest BCUT2D eigenvalue weighted by Gasteiger charge is 2.36. The van der Waals surface area contributed by atoms with Crippen LogP contribution in [0.5, 0.6) is 11.5 Å². The molecule has 0 bridgehead atoms. The molecule has 0 amide bonds. The van der Waals surface area contributed by atoms with E-state index in [-0.39, 0.29) is 11.8 Å². The normalized spacial score (nSPS) is 16.9. The van der Waals surface area contributed by atoms with Crippen LogP contribution in [0.4, 0.5) is 0 Å². The number of aryl methyl sites for hydroxylation is 1. The molecule has 0 spiro atoms. The van der Waals surface area contributed by atoms with Crippen LogP contribution < -0.4 is 9.47 Å². The summed E-state index contributed by atoms with van der Waals surface area (Å²) in [6.07, 6.45) is 4.30. The number of benzene rings is 3. The Morgan fingerprint density at radius 1 is 1.00 bits per heavy atom. The van der Waals surface area contributed by atoms with Gasteiger partial charge in [0.1, 0.15) is 18.1 Å². The molecule has 1 fully saturated rings. The van der Waals surface area contributed by atoms with Gasteiger partial charge in [0.15, 0.2) is 0 Å². The first-order valence-electron chi connectivity index (χ1n) is 12.1. The minimum Gasteiger partial charge on any atom is -0.497 e. The van der Waals surface area contributed by atoms with Crippen LogP contribution in [0.15, 0.2) is 66.7 Å². The Morgan fingerprint density at radius 3 is 2.53 bits per heavy atom. The average molecular weight is 459 g/mol. The number of rotatable bonds is 9. The fraction of sp³-hybridized carbons (Fsp3) is 0.367. The van der Waals surface area contributed by atoms with Gasteiger partial charge in [-0.1, -0.05) is 62.7 Å². The highest BCUT2D eigenvalue weighted by Crippen LogP contribution is 2.51. The van der Waals surface area contributed by atoms with Gasteiger partial charge in [-0.2, -0.15) is 0 Å². The zero-order chi connectivity index (χ0) is 24.1. The third-order valence-corrected chi connectivity index (χ3v) is 7.06. The number of methoxy groups -OCH3 is 1. The van der Waals surface area contributed by atoms with Crippen LogP contribution in [0.2, 0.25) is 0 Å². The SMILES string of the molecule is COc1cccc(-c2ccc(COc3cccc(CCC(=O)O)c3)cc2C2CCCC2(C)C)c1. The van der Waals surface area contributed by atoms with E-state index in [1.165, 1.54) is 36.0 Å². The number of carbonyl (C=O) groups is 1. The second-order valence-electron chi connectivity index (χ2n) is 9.92.